The van der Waals surface area contributed by atoms with E-state index < -0.39 is 10.0 Å². The number of nitrogens with one attached hydrogen (secondary N) is 1. The second-order valence-corrected chi connectivity index (χ2v) is 9.58. The molecule has 1 aromatic heterocycles. The van der Waals surface area contributed by atoms with Crippen molar-refractivity contribution in [3.8, 4) is 0 Å². The van der Waals surface area contributed by atoms with Crippen LogP contribution in [0.1, 0.15) is 28.9 Å². The van der Waals surface area contributed by atoms with Crippen LogP contribution in [0.25, 0.3) is 0 Å². The Balaban J connectivity index is 1.53. The van der Waals surface area contributed by atoms with E-state index in [-0.39, 0.29) is 34.6 Å². The summed E-state index contributed by atoms with van der Waals surface area (Å²) in [5.41, 5.74) is 1.17. The summed E-state index contributed by atoms with van der Waals surface area (Å²) in [6.07, 6.45) is 3.14. The number of nitrogens with zero attached hydrogens (tertiary/aromatic N) is 3. The van der Waals surface area contributed by atoms with Crippen molar-refractivity contribution in [3.63, 3.8) is 0 Å². The average Bonchev–Trinajstić information content (AvgIpc) is 3.12. The zero-order chi connectivity index (χ0) is 19.3. The van der Waals surface area contributed by atoms with E-state index in [1.807, 2.05) is 6.92 Å². The third-order valence-electron chi connectivity index (χ3n) is 5.45. The highest BCUT2D eigenvalue weighted by atomic mass is 35.5. The number of carbonyl (C=O) groups is 1. The fraction of sp³-hybridized carbons (Fsp3) is 0.444. The summed E-state index contributed by atoms with van der Waals surface area (Å²) >= 11 is 6.04. The molecule has 0 bridgehead atoms. The van der Waals surface area contributed by atoms with Crippen molar-refractivity contribution in [2.45, 2.75) is 36.7 Å². The van der Waals surface area contributed by atoms with Crippen molar-refractivity contribution in [2.24, 2.45) is 13.0 Å². The number of rotatable bonds is 4. The summed E-state index contributed by atoms with van der Waals surface area (Å²) in [7, 11) is -1.90. The highest BCUT2D eigenvalue weighted by Gasteiger charge is 2.53. The third kappa shape index (κ3) is 3.15. The van der Waals surface area contributed by atoms with Crippen LogP contribution in [0, 0.1) is 12.8 Å². The van der Waals surface area contributed by atoms with E-state index in [0.717, 1.165) is 18.4 Å². The lowest BCUT2D eigenvalue weighted by Gasteiger charge is -2.43. The number of fused-ring (bicyclic) bond motifs is 1. The Morgan fingerprint density at radius 2 is 2.00 bits per heavy atom. The van der Waals surface area contributed by atoms with Crippen molar-refractivity contribution in [1.29, 1.82) is 0 Å². The molecule has 7 nitrogen and oxygen atoms in total. The first-order valence-corrected chi connectivity index (χ1v) is 10.7. The number of halogens is 1. The van der Waals surface area contributed by atoms with Crippen LogP contribution >= 0.6 is 11.6 Å². The molecule has 4 rings (SSSR count). The van der Waals surface area contributed by atoms with Gasteiger partial charge < -0.3 is 5.32 Å². The van der Waals surface area contributed by atoms with Crippen LogP contribution in [-0.2, 0) is 17.1 Å². The molecular formula is C18H21ClN4O3S. The smallest absolute Gasteiger partial charge is 0.273 e. The van der Waals surface area contributed by atoms with Crippen molar-refractivity contribution < 1.29 is 13.2 Å². The molecule has 0 spiro atoms. The van der Waals surface area contributed by atoms with Gasteiger partial charge in [0.1, 0.15) is 0 Å². The molecule has 1 saturated carbocycles. The van der Waals surface area contributed by atoms with Gasteiger partial charge in [0.05, 0.1) is 9.92 Å². The Kier molecular flexibility index (Phi) is 4.52. The summed E-state index contributed by atoms with van der Waals surface area (Å²) in [6.45, 7) is 2.39. The molecule has 1 N–H and O–H groups in total. The standard InChI is InChI=1S/C18H21ClN4O3S/c1-11-3-5-13(6-4-11)27(25,26)23-8-7-12-9-15(17(12)23)20-18(24)16-14(19)10-22(2)21-16/h3-6,10,12,15,17H,7-9H2,1-2H3,(H,20,24)/t12-,15+,17-/m1/s1. The summed E-state index contributed by atoms with van der Waals surface area (Å²) in [5, 5.41) is 7.27. The fourth-order valence-electron chi connectivity index (χ4n) is 4.02. The normalized spacial score (nSPS) is 25.1. The lowest BCUT2D eigenvalue weighted by Crippen LogP contribution is -2.60. The zero-order valence-corrected chi connectivity index (χ0v) is 16.7. The number of benzene rings is 1. The fourth-order valence-corrected chi connectivity index (χ4v) is 6.03. The molecule has 2 aromatic rings. The molecular weight excluding hydrogens is 388 g/mol. The van der Waals surface area contributed by atoms with Gasteiger partial charge in [0.25, 0.3) is 5.91 Å². The Hall–Kier alpha value is -1.90. The van der Waals surface area contributed by atoms with Crippen molar-refractivity contribution in [1.82, 2.24) is 19.4 Å². The SMILES string of the molecule is Cc1ccc(S(=O)(=O)N2CC[C@@H]3C[C@H](NC(=O)c4nn(C)cc4Cl)[C@@H]32)cc1. The maximum Gasteiger partial charge on any atom is 0.273 e. The molecule has 1 aliphatic heterocycles. The zero-order valence-electron chi connectivity index (χ0n) is 15.1. The number of aryl methyl sites for hydroxylation is 2. The van der Waals surface area contributed by atoms with Crippen LogP contribution in [-0.4, -0.2) is 47.0 Å². The molecule has 0 radical (unpaired) electrons. The third-order valence-corrected chi connectivity index (χ3v) is 7.64. The second-order valence-electron chi connectivity index (χ2n) is 7.28. The van der Waals surface area contributed by atoms with Gasteiger partial charge in [0.2, 0.25) is 10.0 Å². The van der Waals surface area contributed by atoms with Crippen molar-refractivity contribution in [2.75, 3.05) is 6.54 Å². The van der Waals surface area contributed by atoms with E-state index in [9.17, 15) is 13.2 Å². The van der Waals surface area contributed by atoms with Crippen molar-refractivity contribution >= 4 is 27.5 Å². The second kappa shape index (κ2) is 6.61. The van der Waals surface area contributed by atoms with E-state index in [4.69, 9.17) is 11.6 Å². The molecule has 1 aliphatic carbocycles. The topological polar surface area (TPSA) is 84.3 Å². The van der Waals surface area contributed by atoms with Crippen LogP contribution in [0.15, 0.2) is 35.4 Å². The molecule has 1 amide bonds. The largest absolute Gasteiger partial charge is 0.346 e. The molecule has 2 fully saturated rings. The number of hydrogen-bond acceptors (Lipinski definition) is 4. The number of sulfonamides is 1. The van der Waals surface area contributed by atoms with Gasteiger partial charge in [0.15, 0.2) is 5.69 Å². The van der Waals surface area contributed by atoms with Crippen molar-refractivity contribution in [3.05, 3.63) is 46.7 Å². The summed E-state index contributed by atoms with van der Waals surface area (Å²) in [4.78, 5) is 12.8. The minimum atomic E-state index is -3.59. The van der Waals surface area contributed by atoms with Crippen LogP contribution in [0.5, 0.6) is 0 Å². The molecule has 1 aromatic carbocycles. The molecule has 3 atom stereocenters. The van der Waals surface area contributed by atoms with Crippen LogP contribution < -0.4 is 5.32 Å². The Morgan fingerprint density at radius 3 is 2.63 bits per heavy atom. The van der Waals surface area contributed by atoms with Gasteiger partial charge in [-0.3, -0.25) is 9.48 Å². The first kappa shape index (κ1) is 18.5. The highest BCUT2D eigenvalue weighted by Crippen LogP contribution is 2.43. The molecule has 144 valence electrons. The van der Waals surface area contributed by atoms with Crippen LogP contribution in [0.3, 0.4) is 0 Å². The van der Waals surface area contributed by atoms with E-state index >= 15 is 0 Å². The summed E-state index contributed by atoms with van der Waals surface area (Å²) in [6, 6.07) is 6.41. The predicted octanol–water partition coefficient (Wildman–Crippen LogP) is 1.96. The Labute approximate surface area is 163 Å². The van der Waals surface area contributed by atoms with E-state index in [1.165, 1.54) is 8.99 Å². The Morgan fingerprint density at radius 1 is 1.30 bits per heavy atom. The van der Waals surface area contributed by atoms with Gasteiger partial charge in [-0.25, -0.2) is 8.42 Å². The van der Waals surface area contributed by atoms with E-state index in [0.29, 0.717) is 11.4 Å². The van der Waals surface area contributed by atoms with Gasteiger partial charge in [-0.2, -0.15) is 9.40 Å². The quantitative estimate of drug-likeness (QED) is 0.838. The number of amides is 1. The van der Waals surface area contributed by atoms with Gasteiger partial charge in [0, 0.05) is 31.9 Å². The van der Waals surface area contributed by atoms with E-state index in [2.05, 4.69) is 10.4 Å². The first-order valence-electron chi connectivity index (χ1n) is 8.86. The number of hydrogen-bond donors (Lipinski definition) is 1. The highest BCUT2D eigenvalue weighted by molar-refractivity contribution is 7.89. The molecule has 1 saturated heterocycles. The van der Waals surface area contributed by atoms with Crippen LogP contribution in [0.4, 0.5) is 0 Å². The lowest BCUT2D eigenvalue weighted by molar-refractivity contribution is 0.0813. The van der Waals surface area contributed by atoms with Gasteiger partial charge in [-0.1, -0.05) is 29.3 Å². The van der Waals surface area contributed by atoms with Crippen LogP contribution in [0.2, 0.25) is 5.02 Å². The first-order chi connectivity index (χ1) is 12.8. The van der Waals surface area contributed by atoms with E-state index in [1.54, 1.807) is 37.5 Å². The van der Waals surface area contributed by atoms with Gasteiger partial charge in [-0.15, -0.1) is 0 Å². The molecule has 2 heterocycles. The minimum absolute atomic E-state index is 0.161. The summed E-state index contributed by atoms with van der Waals surface area (Å²) in [5.74, 6) is -0.0987. The predicted molar refractivity (Wildman–Crippen MR) is 101 cm³/mol. The minimum Gasteiger partial charge on any atom is -0.346 e. The number of carbonyl (C=O) groups excluding carboxylic acids is 1. The molecule has 2 aliphatic rings. The molecule has 0 unspecified atom stereocenters. The average molecular weight is 409 g/mol. The maximum absolute atomic E-state index is 13.1. The molecule has 27 heavy (non-hydrogen) atoms. The lowest BCUT2D eigenvalue weighted by atomic mass is 9.76. The number of aromatic nitrogens is 2. The molecule has 9 heteroatoms. The Bertz CT molecular complexity index is 987. The van der Waals surface area contributed by atoms with Gasteiger partial charge in [-0.05, 0) is 37.8 Å². The monoisotopic (exact) mass is 408 g/mol. The summed E-state index contributed by atoms with van der Waals surface area (Å²) < 4.78 is 29.2. The maximum atomic E-state index is 13.1. The van der Waals surface area contributed by atoms with Gasteiger partial charge >= 0.3 is 0 Å².